The second-order valence-electron chi connectivity index (χ2n) is 3.93. The zero-order valence-electron chi connectivity index (χ0n) is 10.7. The van der Waals surface area contributed by atoms with E-state index in [9.17, 15) is 0 Å². The molecule has 1 aromatic carbocycles. The number of hydrogen-bond acceptors (Lipinski definition) is 4. The van der Waals surface area contributed by atoms with Gasteiger partial charge in [-0.2, -0.15) is 0 Å². The summed E-state index contributed by atoms with van der Waals surface area (Å²) in [6.07, 6.45) is -0.439. The van der Waals surface area contributed by atoms with Crippen molar-refractivity contribution in [1.29, 1.82) is 0 Å². The zero-order chi connectivity index (χ0) is 12.7. The van der Waals surface area contributed by atoms with E-state index in [0.717, 1.165) is 5.75 Å². The zero-order valence-corrected chi connectivity index (χ0v) is 10.7. The van der Waals surface area contributed by atoms with E-state index < -0.39 is 0 Å². The quantitative estimate of drug-likeness (QED) is 0.710. The normalized spacial score (nSPS) is 16.2. The standard InChI is InChI=1S/C13H22N2O2/c1-4-16-10(2)13(14)15-11(3)17-12-8-6-5-7-9-12/h5-11,13,15H,4,14H2,1-3H3. The summed E-state index contributed by atoms with van der Waals surface area (Å²) >= 11 is 0. The number of para-hydroxylation sites is 1. The summed E-state index contributed by atoms with van der Waals surface area (Å²) in [6, 6.07) is 9.65. The molecule has 0 saturated carbocycles. The lowest BCUT2D eigenvalue weighted by molar-refractivity contribution is 0.0321. The van der Waals surface area contributed by atoms with Crippen LogP contribution in [0.1, 0.15) is 20.8 Å². The highest BCUT2D eigenvalue weighted by Gasteiger charge is 2.15. The molecule has 1 aromatic rings. The van der Waals surface area contributed by atoms with Gasteiger partial charge in [0.1, 0.15) is 12.0 Å². The van der Waals surface area contributed by atoms with E-state index in [4.69, 9.17) is 15.2 Å². The van der Waals surface area contributed by atoms with Crippen molar-refractivity contribution in [1.82, 2.24) is 5.32 Å². The van der Waals surface area contributed by atoms with Gasteiger partial charge >= 0.3 is 0 Å². The second-order valence-corrected chi connectivity index (χ2v) is 3.93. The molecule has 0 saturated heterocycles. The van der Waals surface area contributed by atoms with Crippen molar-refractivity contribution >= 4 is 0 Å². The average Bonchev–Trinajstić information content (AvgIpc) is 2.30. The predicted octanol–water partition coefficient (Wildman–Crippen LogP) is 1.71. The molecule has 0 aromatic heterocycles. The summed E-state index contributed by atoms with van der Waals surface area (Å²) in [5.74, 6) is 0.823. The number of nitrogens with one attached hydrogen (secondary N) is 1. The predicted molar refractivity (Wildman–Crippen MR) is 68.7 cm³/mol. The van der Waals surface area contributed by atoms with Crippen molar-refractivity contribution in [2.75, 3.05) is 6.61 Å². The lowest BCUT2D eigenvalue weighted by Gasteiger charge is -2.25. The van der Waals surface area contributed by atoms with Gasteiger partial charge in [0.05, 0.1) is 12.3 Å². The molecule has 0 bridgehead atoms. The maximum Gasteiger partial charge on any atom is 0.148 e. The van der Waals surface area contributed by atoms with Crippen LogP contribution in [0.4, 0.5) is 0 Å². The molecule has 0 spiro atoms. The first-order chi connectivity index (χ1) is 8.13. The molecule has 3 unspecified atom stereocenters. The van der Waals surface area contributed by atoms with Crippen molar-refractivity contribution in [3.05, 3.63) is 30.3 Å². The van der Waals surface area contributed by atoms with E-state index in [1.165, 1.54) is 0 Å². The van der Waals surface area contributed by atoms with E-state index in [1.54, 1.807) is 0 Å². The molecule has 3 N–H and O–H groups in total. The average molecular weight is 238 g/mol. The maximum atomic E-state index is 5.94. The van der Waals surface area contributed by atoms with E-state index in [1.807, 2.05) is 51.1 Å². The van der Waals surface area contributed by atoms with Gasteiger partial charge in [-0.3, -0.25) is 5.32 Å². The van der Waals surface area contributed by atoms with E-state index in [-0.39, 0.29) is 18.5 Å². The van der Waals surface area contributed by atoms with Crippen molar-refractivity contribution in [3.8, 4) is 5.75 Å². The molecule has 96 valence electrons. The van der Waals surface area contributed by atoms with Crippen LogP contribution in [0.2, 0.25) is 0 Å². The Morgan fingerprint density at radius 1 is 1.24 bits per heavy atom. The molecule has 1 rings (SSSR count). The molecule has 3 atom stereocenters. The molecular weight excluding hydrogens is 216 g/mol. The fraction of sp³-hybridized carbons (Fsp3) is 0.538. The van der Waals surface area contributed by atoms with E-state index in [2.05, 4.69) is 5.32 Å². The first-order valence-electron chi connectivity index (χ1n) is 5.98. The lowest BCUT2D eigenvalue weighted by atomic mass is 10.3. The van der Waals surface area contributed by atoms with E-state index in [0.29, 0.717) is 6.61 Å². The van der Waals surface area contributed by atoms with Crippen LogP contribution in [0.5, 0.6) is 5.75 Å². The highest BCUT2D eigenvalue weighted by atomic mass is 16.5. The summed E-state index contributed by atoms with van der Waals surface area (Å²) in [5.41, 5.74) is 5.94. The summed E-state index contributed by atoms with van der Waals surface area (Å²) in [4.78, 5) is 0. The van der Waals surface area contributed by atoms with Crippen LogP contribution >= 0.6 is 0 Å². The molecule has 0 fully saturated rings. The topological polar surface area (TPSA) is 56.5 Å². The van der Waals surface area contributed by atoms with Gasteiger partial charge in [-0.15, -0.1) is 0 Å². The van der Waals surface area contributed by atoms with Gasteiger partial charge in [0.15, 0.2) is 0 Å². The Balaban J connectivity index is 2.36. The Hall–Kier alpha value is -1.10. The molecule has 0 amide bonds. The van der Waals surface area contributed by atoms with Gasteiger partial charge in [0.25, 0.3) is 0 Å². The Morgan fingerprint density at radius 2 is 1.88 bits per heavy atom. The molecule has 0 heterocycles. The van der Waals surface area contributed by atoms with Crippen molar-refractivity contribution < 1.29 is 9.47 Å². The third-order valence-electron chi connectivity index (χ3n) is 2.42. The molecule has 0 aliphatic carbocycles. The van der Waals surface area contributed by atoms with Gasteiger partial charge in [-0.1, -0.05) is 18.2 Å². The third kappa shape index (κ3) is 5.17. The molecule has 4 nitrogen and oxygen atoms in total. The Bertz CT molecular complexity index is 306. The van der Waals surface area contributed by atoms with Crippen LogP contribution in [0.15, 0.2) is 30.3 Å². The maximum absolute atomic E-state index is 5.94. The summed E-state index contributed by atoms with van der Waals surface area (Å²) in [7, 11) is 0. The van der Waals surface area contributed by atoms with Gasteiger partial charge in [-0.05, 0) is 32.9 Å². The number of nitrogens with two attached hydrogens (primary N) is 1. The Morgan fingerprint density at radius 3 is 2.47 bits per heavy atom. The Labute approximate surface area is 103 Å². The molecule has 0 radical (unpaired) electrons. The molecule has 0 aliphatic rings. The minimum atomic E-state index is -0.242. The smallest absolute Gasteiger partial charge is 0.148 e. The number of benzene rings is 1. The minimum Gasteiger partial charge on any atom is -0.476 e. The van der Waals surface area contributed by atoms with Crippen LogP contribution in [0.25, 0.3) is 0 Å². The Kier molecular flexibility index (Phi) is 5.97. The summed E-state index contributed by atoms with van der Waals surface area (Å²) in [5, 5.41) is 3.14. The monoisotopic (exact) mass is 238 g/mol. The van der Waals surface area contributed by atoms with E-state index >= 15 is 0 Å². The van der Waals surface area contributed by atoms with Crippen LogP contribution < -0.4 is 15.8 Å². The highest BCUT2D eigenvalue weighted by Crippen LogP contribution is 2.10. The van der Waals surface area contributed by atoms with Crippen LogP contribution in [0, 0.1) is 0 Å². The van der Waals surface area contributed by atoms with Crippen molar-refractivity contribution in [3.63, 3.8) is 0 Å². The molecule has 17 heavy (non-hydrogen) atoms. The number of hydrogen-bond donors (Lipinski definition) is 2. The first kappa shape index (κ1) is 14.0. The lowest BCUT2D eigenvalue weighted by Crippen LogP contribution is -2.52. The van der Waals surface area contributed by atoms with Gasteiger partial charge in [0, 0.05) is 6.61 Å². The second kappa shape index (κ2) is 7.27. The summed E-state index contributed by atoms with van der Waals surface area (Å²) in [6.45, 7) is 6.47. The number of ether oxygens (including phenoxy) is 2. The van der Waals surface area contributed by atoms with Crippen molar-refractivity contribution in [2.24, 2.45) is 5.73 Å². The van der Waals surface area contributed by atoms with Crippen LogP contribution in [-0.2, 0) is 4.74 Å². The number of rotatable bonds is 7. The minimum absolute atomic E-state index is 0.0400. The van der Waals surface area contributed by atoms with Crippen LogP contribution in [0.3, 0.4) is 0 Å². The third-order valence-corrected chi connectivity index (χ3v) is 2.42. The molecular formula is C13H22N2O2. The van der Waals surface area contributed by atoms with Gasteiger partial charge in [-0.25, -0.2) is 0 Å². The van der Waals surface area contributed by atoms with Crippen molar-refractivity contribution in [2.45, 2.75) is 39.3 Å². The van der Waals surface area contributed by atoms with Gasteiger partial charge in [0.2, 0.25) is 0 Å². The fourth-order valence-corrected chi connectivity index (χ4v) is 1.51. The SMILES string of the molecule is CCOC(C)C(N)NC(C)Oc1ccccc1. The summed E-state index contributed by atoms with van der Waals surface area (Å²) < 4.78 is 11.1. The first-order valence-corrected chi connectivity index (χ1v) is 5.98. The largest absolute Gasteiger partial charge is 0.476 e. The molecule has 0 aliphatic heterocycles. The van der Waals surface area contributed by atoms with Crippen LogP contribution in [-0.4, -0.2) is 25.1 Å². The molecule has 4 heteroatoms. The fourth-order valence-electron chi connectivity index (χ4n) is 1.51. The highest BCUT2D eigenvalue weighted by molar-refractivity contribution is 5.21. The van der Waals surface area contributed by atoms with Gasteiger partial charge < -0.3 is 15.2 Å².